The van der Waals surface area contributed by atoms with E-state index in [1.54, 1.807) is 13.1 Å². The SMILES string of the molecule is CN1CCC(CN(C)S(=O)(=O)Cc2cccc(F)c2)CC1. The fourth-order valence-corrected chi connectivity index (χ4v) is 3.93. The Hall–Kier alpha value is -0.980. The summed E-state index contributed by atoms with van der Waals surface area (Å²) in [6.45, 7) is 2.58. The fraction of sp³-hybridized carbons (Fsp3) is 0.600. The lowest BCUT2D eigenvalue weighted by molar-refractivity contribution is 0.202. The van der Waals surface area contributed by atoms with Gasteiger partial charge in [0.2, 0.25) is 10.0 Å². The third kappa shape index (κ3) is 4.76. The van der Waals surface area contributed by atoms with Gasteiger partial charge in [-0.15, -0.1) is 0 Å². The third-order valence-corrected chi connectivity index (χ3v) is 5.86. The van der Waals surface area contributed by atoms with Crippen molar-refractivity contribution in [1.29, 1.82) is 0 Å². The molecular formula is C15H23FN2O2S. The number of piperidine rings is 1. The van der Waals surface area contributed by atoms with E-state index in [4.69, 9.17) is 0 Å². The number of hydrogen-bond acceptors (Lipinski definition) is 3. The molecule has 0 amide bonds. The summed E-state index contributed by atoms with van der Waals surface area (Å²) in [5, 5.41) is 0. The normalized spacial score (nSPS) is 18.3. The second-order valence-electron chi connectivity index (χ2n) is 5.91. The van der Waals surface area contributed by atoms with Crippen LogP contribution in [0, 0.1) is 11.7 Å². The highest BCUT2D eigenvalue weighted by Crippen LogP contribution is 2.19. The van der Waals surface area contributed by atoms with E-state index < -0.39 is 15.8 Å². The molecule has 4 nitrogen and oxygen atoms in total. The van der Waals surface area contributed by atoms with Crippen LogP contribution in [0.15, 0.2) is 24.3 Å². The lowest BCUT2D eigenvalue weighted by Gasteiger charge is -2.31. The Bertz CT molecular complexity index is 569. The molecule has 1 aromatic rings. The topological polar surface area (TPSA) is 40.6 Å². The summed E-state index contributed by atoms with van der Waals surface area (Å²) < 4.78 is 39.2. The Kier molecular flexibility index (Phi) is 5.35. The summed E-state index contributed by atoms with van der Waals surface area (Å²) in [5.41, 5.74) is 0.491. The van der Waals surface area contributed by atoms with Crippen LogP contribution in [0.4, 0.5) is 4.39 Å². The van der Waals surface area contributed by atoms with Crippen LogP contribution < -0.4 is 0 Å². The number of nitrogens with zero attached hydrogens (tertiary/aromatic N) is 2. The zero-order valence-electron chi connectivity index (χ0n) is 12.6. The summed E-state index contributed by atoms with van der Waals surface area (Å²) in [5.74, 6) is -0.136. The van der Waals surface area contributed by atoms with Crippen LogP contribution in [0.3, 0.4) is 0 Å². The molecule has 1 aliphatic heterocycles. The molecule has 2 rings (SSSR count). The summed E-state index contributed by atoms with van der Waals surface area (Å²) in [6.07, 6.45) is 2.05. The minimum absolute atomic E-state index is 0.145. The van der Waals surface area contributed by atoms with Crippen molar-refractivity contribution in [1.82, 2.24) is 9.21 Å². The van der Waals surface area contributed by atoms with Gasteiger partial charge in [-0.1, -0.05) is 12.1 Å². The van der Waals surface area contributed by atoms with E-state index in [0.717, 1.165) is 25.9 Å². The number of halogens is 1. The van der Waals surface area contributed by atoms with E-state index in [2.05, 4.69) is 11.9 Å². The van der Waals surface area contributed by atoms with Gasteiger partial charge in [0.05, 0.1) is 5.75 Å². The van der Waals surface area contributed by atoms with E-state index in [1.165, 1.54) is 22.5 Å². The first-order valence-electron chi connectivity index (χ1n) is 7.24. The van der Waals surface area contributed by atoms with E-state index in [1.807, 2.05) is 0 Å². The Balaban J connectivity index is 1.95. The zero-order valence-corrected chi connectivity index (χ0v) is 13.4. The first-order chi connectivity index (χ1) is 9.87. The van der Waals surface area contributed by atoms with Crippen LogP contribution >= 0.6 is 0 Å². The van der Waals surface area contributed by atoms with Gasteiger partial charge in [-0.3, -0.25) is 0 Å². The van der Waals surface area contributed by atoms with Crippen molar-refractivity contribution in [2.75, 3.05) is 33.7 Å². The standard InChI is InChI=1S/C15H23FN2O2S/c1-17-8-6-13(7-9-17)11-18(2)21(19,20)12-14-4-3-5-15(16)10-14/h3-5,10,13H,6-9,11-12H2,1-2H3. The molecule has 0 spiro atoms. The molecule has 1 saturated heterocycles. The molecule has 21 heavy (non-hydrogen) atoms. The van der Waals surface area contributed by atoms with Crippen molar-refractivity contribution < 1.29 is 12.8 Å². The molecule has 6 heteroatoms. The Morgan fingerprint density at radius 1 is 1.33 bits per heavy atom. The molecular weight excluding hydrogens is 291 g/mol. The number of benzene rings is 1. The molecule has 0 aliphatic carbocycles. The van der Waals surface area contributed by atoms with Crippen LogP contribution in [0.25, 0.3) is 0 Å². The molecule has 1 fully saturated rings. The predicted octanol–water partition coefficient (Wildman–Crippen LogP) is 1.93. The van der Waals surface area contributed by atoms with Crippen molar-refractivity contribution in [2.45, 2.75) is 18.6 Å². The quantitative estimate of drug-likeness (QED) is 0.834. The highest BCUT2D eigenvalue weighted by atomic mass is 32.2. The summed E-state index contributed by atoms with van der Waals surface area (Å²) in [6, 6.07) is 5.78. The van der Waals surface area contributed by atoms with Crippen LogP contribution in [0.5, 0.6) is 0 Å². The van der Waals surface area contributed by atoms with Crippen molar-refractivity contribution >= 4 is 10.0 Å². The minimum Gasteiger partial charge on any atom is -0.306 e. The fourth-order valence-electron chi connectivity index (χ4n) is 2.67. The average Bonchev–Trinajstić information content (AvgIpc) is 2.41. The van der Waals surface area contributed by atoms with Gasteiger partial charge in [0, 0.05) is 13.6 Å². The maximum Gasteiger partial charge on any atom is 0.218 e. The van der Waals surface area contributed by atoms with E-state index in [0.29, 0.717) is 18.0 Å². The van der Waals surface area contributed by atoms with Gasteiger partial charge in [-0.2, -0.15) is 0 Å². The van der Waals surface area contributed by atoms with Crippen molar-refractivity contribution in [3.05, 3.63) is 35.6 Å². The first-order valence-corrected chi connectivity index (χ1v) is 8.85. The minimum atomic E-state index is -3.39. The molecule has 1 heterocycles. The Morgan fingerprint density at radius 3 is 2.62 bits per heavy atom. The number of rotatable bonds is 5. The van der Waals surface area contributed by atoms with E-state index in [9.17, 15) is 12.8 Å². The van der Waals surface area contributed by atoms with Crippen molar-refractivity contribution in [2.24, 2.45) is 5.92 Å². The van der Waals surface area contributed by atoms with Gasteiger partial charge >= 0.3 is 0 Å². The van der Waals surface area contributed by atoms with Crippen LogP contribution in [0.2, 0.25) is 0 Å². The van der Waals surface area contributed by atoms with Gasteiger partial charge in [-0.05, 0) is 56.6 Å². The Morgan fingerprint density at radius 2 is 2.00 bits per heavy atom. The summed E-state index contributed by atoms with van der Waals surface area (Å²) in [7, 11) is 0.312. The average molecular weight is 314 g/mol. The molecule has 118 valence electrons. The zero-order chi connectivity index (χ0) is 15.5. The molecule has 0 unspecified atom stereocenters. The molecule has 1 aliphatic rings. The second kappa shape index (κ2) is 6.85. The number of likely N-dealkylation sites (tertiary alicyclic amines) is 1. The van der Waals surface area contributed by atoms with Crippen molar-refractivity contribution in [3.8, 4) is 0 Å². The Labute approximate surface area is 126 Å². The van der Waals surface area contributed by atoms with Crippen LogP contribution in [-0.4, -0.2) is 51.4 Å². The van der Waals surface area contributed by atoms with Crippen LogP contribution in [0.1, 0.15) is 18.4 Å². The monoisotopic (exact) mass is 314 g/mol. The smallest absolute Gasteiger partial charge is 0.218 e. The molecule has 1 aromatic carbocycles. The highest BCUT2D eigenvalue weighted by molar-refractivity contribution is 7.88. The number of hydrogen-bond donors (Lipinski definition) is 0. The molecule has 0 bridgehead atoms. The summed E-state index contributed by atoms with van der Waals surface area (Å²) >= 11 is 0. The number of sulfonamides is 1. The molecule has 0 N–H and O–H groups in total. The largest absolute Gasteiger partial charge is 0.306 e. The van der Waals surface area contributed by atoms with Crippen molar-refractivity contribution in [3.63, 3.8) is 0 Å². The second-order valence-corrected chi connectivity index (χ2v) is 7.99. The van der Waals surface area contributed by atoms with E-state index >= 15 is 0 Å². The lowest BCUT2D eigenvalue weighted by atomic mass is 9.97. The van der Waals surface area contributed by atoms with Crippen LogP contribution in [-0.2, 0) is 15.8 Å². The highest BCUT2D eigenvalue weighted by Gasteiger charge is 2.24. The molecule has 0 atom stereocenters. The first kappa shape index (κ1) is 16.4. The van der Waals surface area contributed by atoms with E-state index in [-0.39, 0.29) is 5.75 Å². The third-order valence-electron chi connectivity index (χ3n) is 4.07. The van der Waals surface area contributed by atoms with Gasteiger partial charge in [0.15, 0.2) is 0 Å². The van der Waals surface area contributed by atoms with Gasteiger partial charge in [0.1, 0.15) is 5.82 Å². The lowest BCUT2D eigenvalue weighted by Crippen LogP contribution is -2.38. The van der Waals surface area contributed by atoms with Gasteiger partial charge in [0.25, 0.3) is 0 Å². The molecule has 0 radical (unpaired) electrons. The maximum atomic E-state index is 13.1. The van der Waals surface area contributed by atoms with Gasteiger partial charge < -0.3 is 4.90 Å². The predicted molar refractivity (Wildman–Crippen MR) is 81.9 cm³/mol. The summed E-state index contributed by atoms with van der Waals surface area (Å²) in [4.78, 5) is 2.26. The maximum absolute atomic E-state index is 13.1. The molecule has 0 saturated carbocycles. The molecule has 0 aromatic heterocycles. The van der Waals surface area contributed by atoms with Gasteiger partial charge in [-0.25, -0.2) is 17.1 Å².